The van der Waals surface area contributed by atoms with Crippen molar-refractivity contribution in [3.05, 3.63) is 12.2 Å². The van der Waals surface area contributed by atoms with E-state index in [0.29, 0.717) is 19.8 Å². The van der Waals surface area contributed by atoms with Gasteiger partial charge in [-0.15, -0.1) is 0 Å². The van der Waals surface area contributed by atoms with Crippen LogP contribution in [0.3, 0.4) is 0 Å². The molecule has 1 aliphatic rings. The Morgan fingerprint density at radius 2 is 1.94 bits per heavy atom. The third-order valence-corrected chi connectivity index (χ3v) is 2.86. The Morgan fingerprint density at radius 3 is 2.71 bits per heavy atom. The zero-order valence-electron chi connectivity index (χ0n) is 10.4. The van der Waals surface area contributed by atoms with Crippen molar-refractivity contribution in [1.82, 2.24) is 5.06 Å². The molecular weight excluding hydrogens is 295 g/mol. The number of hydroxylamine groups is 2. The molecule has 0 aromatic rings. The molecule has 0 fully saturated rings. The van der Waals surface area contributed by atoms with Crippen molar-refractivity contribution >= 4 is 0 Å². The van der Waals surface area contributed by atoms with Crippen LogP contribution in [0.2, 0.25) is 0 Å². The van der Waals surface area contributed by atoms with Crippen LogP contribution in [0.5, 0.6) is 0 Å². The number of aliphatic hydroxyl groups is 1. The number of ether oxygens (including phenoxy) is 1. The number of hydrogen-bond donors (Lipinski definition) is 2. The van der Waals surface area contributed by atoms with Gasteiger partial charge < -0.3 is 15.1 Å². The summed E-state index contributed by atoms with van der Waals surface area (Å²) in [5.74, 6) is 0. The van der Waals surface area contributed by atoms with Gasteiger partial charge in [-0.2, -0.15) is 5.06 Å². The minimum absolute atomic E-state index is 0. The second-order valence-electron chi connectivity index (χ2n) is 4.13. The van der Waals surface area contributed by atoms with Crippen LogP contribution in [-0.2, 0) is 37.4 Å². The molecule has 4 nitrogen and oxygen atoms in total. The molecule has 1 aliphatic carbocycles. The van der Waals surface area contributed by atoms with Gasteiger partial charge in [-0.1, -0.05) is 12.2 Å². The van der Waals surface area contributed by atoms with Gasteiger partial charge in [0.25, 0.3) is 0 Å². The van der Waals surface area contributed by atoms with Crippen LogP contribution in [0, 0.1) is 0 Å². The van der Waals surface area contributed by atoms with Gasteiger partial charge in [0.2, 0.25) is 0 Å². The first kappa shape index (κ1) is 17.7. The van der Waals surface area contributed by atoms with Crippen molar-refractivity contribution in [2.24, 2.45) is 0 Å². The van der Waals surface area contributed by atoms with E-state index < -0.39 is 0 Å². The van der Waals surface area contributed by atoms with Crippen LogP contribution < -0.4 is 0 Å². The van der Waals surface area contributed by atoms with Crippen LogP contribution in [0.4, 0.5) is 0 Å². The normalized spacial score (nSPS) is 22.6. The quantitative estimate of drug-likeness (QED) is 0.443. The van der Waals surface area contributed by atoms with Gasteiger partial charge in [-0.05, 0) is 32.1 Å². The summed E-state index contributed by atoms with van der Waals surface area (Å²) in [7, 11) is 0. The first-order valence-electron chi connectivity index (χ1n) is 6.13. The van der Waals surface area contributed by atoms with Crippen molar-refractivity contribution < 1.29 is 47.8 Å². The van der Waals surface area contributed by atoms with E-state index in [1.54, 1.807) is 0 Å². The molecule has 1 unspecified atom stereocenters. The maximum atomic E-state index is 9.86. The standard InChI is InChI=1S/C12H23NO3.Y/c14-9-11-16-10-8-13(15)12-6-4-2-1-3-5-7-12;/h1-2,12,14-15H,3-11H2;/b2-1+;. The molecule has 0 amide bonds. The van der Waals surface area contributed by atoms with Crippen LogP contribution in [0.25, 0.3) is 0 Å². The summed E-state index contributed by atoms with van der Waals surface area (Å²) < 4.78 is 5.13. The Labute approximate surface area is 129 Å². The largest absolute Gasteiger partial charge is 0.394 e. The summed E-state index contributed by atoms with van der Waals surface area (Å²) in [4.78, 5) is 0. The van der Waals surface area contributed by atoms with Crippen LogP contribution in [0.15, 0.2) is 12.2 Å². The van der Waals surface area contributed by atoms with Crippen molar-refractivity contribution in [1.29, 1.82) is 0 Å². The first-order chi connectivity index (χ1) is 7.84. The van der Waals surface area contributed by atoms with Gasteiger partial charge >= 0.3 is 0 Å². The Hall–Kier alpha value is 0.684. The average Bonchev–Trinajstić information content (AvgIpc) is 2.23. The molecule has 0 bridgehead atoms. The topological polar surface area (TPSA) is 52.9 Å². The second-order valence-corrected chi connectivity index (χ2v) is 4.13. The maximum Gasteiger partial charge on any atom is 0.0698 e. The van der Waals surface area contributed by atoms with Crippen LogP contribution in [-0.4, -0.2) is 47.8 Å². The van der Waals surface area contributed by atoms with E-state index in [-0.39, 0.29) is 45.4 Å². The minimum Gasteiger partial charge on any atom is -0.394 e. The predicted molar refractivity (Wildman–Crippen MR) is 62.4 cm³/mol. The van der Waals surface area contributed by atoms with Crippen molar-refractivity contribution in [3.63, 3.8) is 0 Å². The molecule has 0 aromatic carbocycles. The second kappa shape index (κ2) is 11.8. The Bertz CT molecular complexity index is 202. The van der Waals surface area contributed by atoms with Gasteiger partial charge in [0, 0.05) is 45.3 Å². The smallest absolute Gasteiger partial charge is 0.0698 e. The van der Waals surface area contributed by atoms with Crippen LogP contribution in [0.1, 0.15) is 32.1 Å². The molecule has 5 heteroatoms. The Balaban J connectivity index is 0.00000256. The molecule has 0 heterocycles. The molecule has 0 spiro atoms. The van der Waals surface area contributed by atoms with Crippen LogP contribution >= 0.6 is 0 Å². The fourth-order valence-corrected chi connectivity index (χ4v) is 1.95. The zero-order chi connectivity index (χ0) is 11.6. The maximum absolute atomic E-state index is 9.86. The van der Waals surface area contributed by atoms with E-state index in [4.69, 9.17) is 9.84 Å². The van der Waals surface area contributed by atoms with E-state index in [0.717, 1.165) is 32.1 Å². The number of nitrogens with zero attached hydrogens (tertiary/aromatic N) is 1. The average molecular weight is 318 g/mol. The molecule has 2 N–H and O–H groups in total. The molecular formula is C12H23NO3Y. The SMILES string of the molecule is OCCOCCN(O)C1CC/C=C/CCC1.[Y]. The minimum atomic E-state index is 0. The summed E-state index contributed by atoms with van der Waals surface area (Å²) in [5.41, 5.74) is 0. The molecule has 0 saturated heterocycles. The number of hydrogen-bond acceptors (Lipinski definition) is 4. The summed E-state index contributed by atoms with van der Waals surface area (Å²) in [6, 6.07) is 0.252. The molecule has 0 aliphatic heterocycles. The van der Waals surface area contributed by atoms with Crippen molar-refractivity contribution in [2.75, 3.05) is 26.4 Å². The molecule has 1 atom stereocenters. The molecule has 1 radical (unpaired) electrons. The van der Waals surface area contributed by atoms with Gasteiger partial charge in [0.1, 0.15) is 0 Å². The van der Waals surface area contributed by atoms with Gasteiger partial charge in [0.05, 0.1) is 19.8 Å². The monoisotopic (exact) mass is 318 g/mol. The van der Waals surface area contributed by atoms with Gasteiger partial charge in [0.15, 0.2) is 0 Å². The summed E-state index contributed by atoms with van der Waals surface area (Å²) in [6.45, 7) is 1.39. The third-order valence-electron chi connectivity index (χ3n) is 2.86. The van der Waals surface area contributed by atoms with E-state index in [1.165, 1.54) is 5.06 Å². The molecule has 1 rings (SSSR count). The Morgan fingerprint density at radius 1 is 1.18 bits per heavy atom. The fourth-order valence-electron chi connectivity index (χ4n) is 1.95. The van der Waals surface area contributed by atoms with E-state index in [1.807, 2.05) is 0 Å². The van der Waals surface area contributed by atoms with Crippen molar-refractivity contribution in [2.45, 2.75) is 38.1 Å². The Kier molecular flexibility index (Phi) is 12.2. The van der Waals surface area contributed by atoms with E-state index >= 15 is 0 Å². The van der Waals surface area contributed by atoms with Crippen molar-refractivity contribution in [3.8, 4) is 0 Å². The number of rotatable bonds is 6. The summed E-state index contributed by atoms with van der Waals surface area (Å²) in [6.07, 6.45) is 9.76. The predicted octanol–water partition coefficient (Wildman–Crippen LogP) is 1.57. The first-order valence-corrected chi connectivity index (χ1v) is 6.13. The molecule has 17 heavy (non-hydrogen) atoms. The molecule has 0 aromatic heterocycles. The van der Waals surface area contributed by atoms with E-state index in [2.05, 4.69) is 12.2 Å². The third kappa shape index (κ3) is 8.41. The molecule has 97 valence electrons. The zero-order valence-corrected chi connectivity index (χ0v) is 13.3. The summed E-state index contributed by atoms with van der Waals surface area (Å²) >= 11 is 0. The fraction of sp³-hybridized carbons (Fsp3) is 0.833. The number of allylic oxidation sites excluding steroid dienone is 2. The molecule has 0 saturated carbocycles. The van der Waals surface area contributed by atoms with E-state index in [9.17, 15) is 5.21 Å². The number of aliphatic hydroxyl groups excluding tert-OH is 1. The summed E-state index contributed by atoms with van der Waals surface area (Å²) in [5, 5.41) is 19.8. The van der Waals surface area contributed by atoms with Gasteiger partial charge in [-0.3, -0.25) is 0 Å². The van der Waals surface area contributed by atoms with Gasteiger partial charge in [-0.25, -0.2) is 0 Å².